The van der Waals surface area contributed by atoms with E-state index < -0.39 is 0 Å². The van der Waals surface area contributed by atoms with Crippen molar-refractivity contribution in [3.63, 3.8) is 0 Å². The van der Waals surface area contributed by atoms with Crippen LogP contribution in [-0.4, -0.2) is 11.7 Å². The molecule has 0 aliphatic heterocycles. The molecule has 75 valence electrons. The highest BCUT2D eigenvalue weighted by molar-refractivity contribution is 14.1. The molecule has 0 heterocycles. The molecule has 0 bridgehead atoms. The second-order valence-corrected chi connectivity index (χ2v) is 5.06. The van der Waals surface area contributed by atoms with E-state index in [0.29, 0.717) is 0 Å². The standard InChI is InChI=1S/C12H14IO/c1-8(7-14)10-3-2-4-11(13)12(10)9-5-6-9/h2-4,8-9,14H,1,5-7H2. The second-order valence-electron chi connectivity index (χ2n) is 3.90. The van der Waals surface area contributed by atoms with Crippen LogP contribution in [0.1, 0.15) is 35.8 Å². The molecule has 0 amide bonds. The lowest BCUT2D eigenvalue weighted by molar-refractivity contribution is 0.282. The van der Waals surface area contributed by atoms with Gasteiger partial charge in [0, 0.05) is 16.1 Å². The molecule has 0 spiro atoms. The third-order valence-electron chi connectivity index (χ3n) is 2.73. The third kappa shape index (κ3) is 1.96. The quantitative estimate of drug-likeness (QED) is 0.851. The molecule has 1 radical (unpaired) electrons. The molecule has 1 aromatic carbocycles. The topological polar surface area (TPSA) is 20.2 Å². The fourth-order valence-corrected chi connectivity index (χ4v) is 2.77. The number of halogens is 1. The minimum Gasteiger partial charge on any atom is -0.396 e. The van der Waals surface area contributed by atoms with E-state index in [1.165, 1.54) is 27.5 Å². The lowest BCUT2D eigenvalue weighted by Gasteiger charge is -2.15. The zero-order valence-electron chi connectivity index (χ0n) is 8.04. The lowest BCUT2D eigenvalue weighted by atomic mass is 9.94. The van der Waals surface area contributed by atoms with E-state index in [2.05, 4.69) is 47.7 Å². The fourth-order valence-electron chi connectivity index (χ4n) is 1.81. The van der Waals surface area contributed by atoms with Crippen molar-refractivity contribution in [3.8, 4) is 0 Å². The van der Waals surface area contributed by atoms with Crippen LogP contribution in [0.5, 0.6) is 0 Å². The summed E-state index contributed by atoms with van der Waals surface area (Å²) in [7, 11) is 0. The van der Waals surface area contributed by atoms with E-state index in [-0.39, 0.29) is 12.5 Å². The molecule has 1 fully saturated rings. The molecule has 1 aliphatic carbocycles. The van der Waals surface area contributed by atoms with Crippen molar-refractivity contribution in [2.75, 3.05) is 6.61 Å². The zero-order chi connectivity index (χ0) is 10.1. The predicted octanol–water partition coefficient (Wildman–Crippen LogP) is 3.08. The van der Waals surface area contributed by atoms with E-state index in [1.54, 1.807) is 0 Å². The molecule has 1 aromatic rings. The average Bonchev–Trinajstić information content (AvgIpc) is 3.00. The van der Waals surface area contributed by atoms with Crippen molar-refractivity contribution in [2.24, 2.45) is 0 Å². The Morgan fingerprint density at radius 3 is 2.79 bits per heavy atom. The van der Waals surface area contributed by atoms with Gasteiger partial charge in [-0.2, -0.15) is 0 Å². The van der Waals surface area contributed by atoms with Gasteiger partial charge in [0.15, 0.2) is 0 Å². The second kappa shape index (κ2) is 4.19. The van der Waals surface area contributed by atoms with Gasteiger partial charge in [0.2, 0.25) is 0 Å². The zero-order valence-corrected chi connectivity index (χ0v) is 10.2. The summed E-state index contributed by atoms with van der Waals surface area (Å²) in [6, 6.07) is 6.29. The van der Waals surface area contributed by atoms with Gasteiger partial charge in [-0.1, -0.05) is 12.1 Å². The SMILES string of the molecule is [CH2]C(CO)c1cccc(I)c1C1CC1. The Morgan fingerprint density at radius 2 is 2.21 bits per heavy atom. The van der Waals surface area contributed by atoms with Gasteiger partial charge >= 0.3 is 0 Å². The molecule has 1 nitrogen and oxygen atoms in total. The third-order valence-corrected chi connectivity index (χ3v) is 3.67. The highest BCUT2D eigenvalue weighted by atomic mass is 127. The van der Waals surface area contributed by atoms with Crippen molar-refractivity contribution in [3.05, 3.63) is 39.8 Å². The molecule has 1 atom stereocenters. The molecular formula is C12H14IO. The van der Waals surface area contributed by atoms with E-state index in [1.807, 2.05) is 0 Å². The molecular weight excluding hydrogens is 287 g/mol. The number of rotatable bonds is 3. The van der Waals surface area contributed by atoms with Gasteiger partial charge < -0.3 is 5.11 Å². The number of aliphatic hydroxyl groups excluding tert-OH is 1. The summed E-state index contributed by atoms with van der Waals surface area (Å²) in [5, 5.41) is 9.14. The van der Waals surface area contributed by atoms with Gasteiger partial charge in [-0.15, -0.1) is 0 Å². The maximum Gasteiger partial charge on any atom is 0.0499 e. The maximum absolute atomic E-state index is 9.14. The molecule has 1 unspecified atom stereocenters. The largest absolute Gasteiger partial charge is 0.396 e. The Kier molecular flexibility index (Phi) is 3.12. The smallest absolute Gasteiger partial charge is 0.0499 e. The van der Waals surface area contributed by atoms with E-state index >= 15 is 0 Å². The maximum atomic E-state index is 9.14. The fraction of sp³-hybridized carbons (Fsp3) is 0.417. The van der Waals surface area contributed by atoms with Gasteiger partial charge in [0.05, 0.1) is 0 Å². The molecule has 2 heteroatoms. The lowest BCUT2D eigenvalue weighted by Crippen LogP contribution is -2.04. The summed E-state index contributed by atoms with van der Waals surface area (Å²) in [4.78, 5) is 0. The summed E-state index contributed by atoms with van der Waals surface area (Å²) in [6.45, 7) is 4.12. The molecule has 0 aromatic heterocycles. The Bertz CT molecular complexity index is 331. The van der Waals surface area contributed by atoms with Crippen LogP contribution in [0.3, 0.4) is 0 Å². The number of benzene rings is 1. The van der Waals surface area contributed by atoms with Crippen molar-refractivity contribution < 1.29 is 5.11 Å². The van der Waals surface area contributed by atoms with Crippen molar-refractivity contribution in [1.29, 1.82) is 0 Å². The van der Waals surface area contributed by atoms with Crippen LogP contribution >= 0.6 is 22.6 Å². The number of aliphatic hydroxyl groups is 1. The van der Waals surface area contributed by atoms with E-state index in [9.17, 15) is 0 Å². The van der Waals surface area contributed by atoms with Crippen molar-refractivity contribution in [2.45, 2.75) is 24.7 Å². The number of hydrogen-bond acceptors (Lipinski definition) is 1. The Labute approximate surface area is 98.7 Å². The first-order chi connectivity index (χ1) is 6.74. The van der Waals surface area contributed by atoms with E-state index in [0.717, 1.165) is 5.92 Å². The first-order valence-corrected chi connectivity index (χ1v) is 6.04. The van der Waals surface area contributed by atoms with Crippen LogP contribution in [0.2, 0.25) is 0 Å². The highest BCUT2D eigenvalue weighted by Gasteiger charge is 2.28. The van der Waals surface area contributed by atoms with Gasteiger partial charge in [-0.3, -0.25) is 0 Å². The molecule has 2 rings (SSSR count). The minimum absolute atomic E-state index is 0.0281. The Balaban J connectivity index is 2.41. The number of hydrogen-bond donors (Lipinski definition) is 1. The van der Waals surface area contributed by atoms with E-state index in [4.69, 9.17) is 5.11 Å². The summed E-state index contributed by atoms with van der Waals surface area (Å²) >= 11 is 2.38. The Morgan fingerprint density at radius 1 is 1.50 bits per heavy atom. The van der Waals surface area contributed by atoms with Crippen LogP contribution in [0, 0.1) is 10.5 Å². The monoisotopic (exact) mass is 301 g/mol. The normalized spacial score (nSPS) is 18.2. The molecule has 1 aliphatic rings. The summed E-state index contributed by atoms with van der Waals surface area (Å²) in [5.41, 5.74) is 2.67. The van der Waals surface area contributed by atoms with Gasteiger partial charge in [0.25, 0.3) is 0 Å². The van der Waals surface area contributed by atoms with Crippen LogP contribution in [0.25, 0.3) is 0 Å². The summed E-state index contributed by atoms with van der Waals surface area (Å²) in [6.07, 6.45) is 2.59. The average molecular weight is 301 g/mol. The van der Waals surface area contributed by atoms with Crippen LogP contribution in [-0.2, 0) is 0 Å². The van der Waals surface area contributed by atoms with Crippen molar-refractivity contribution >= 4 is 22.6 Å². The first-order valence-electron chi connectivity index (χ1n) is 4.96. The molecule has 14 heavy (non-hydrogen) atoms. The molecule has 0 saturated heterocycles. The van der Waals surface area contributed by atoms with Crippen molar-refractivity contribution in [1.82, 2.24) is 0 Å². The Hall–Kier alpha value is -0.0900. The first kappa shape index (κ1) is 10.4. The van der Waals surface area contributed by atoms with Gasteiger partial charge in [-0.05, 0) is 65.5 Å². The predicted molar refractivity (Wildman–Crippen MR) is 66.3 cm³/mol. The van der Waals surface area contributed by atoms with Gasteiger partial charge in [-0.25, -0.2) is 0 Å². The van der Waals surface area contributed by atoms with Gasteiger partial charge in [0.1, 0.15) is 0 Å². The minimum atomic E-state index is 0.0281. The highest BCUT2D eigenvalue weighted by Crippen LogP contribution is 2.45. The van der Waals surface area contributed by atoms with Crippen LogP contribution < -0.4 is 0 Å². The molecule has 1 saturated carbocycles. The molecule has 1 N–H and O–H groups in total. The van der Waals surface area contributed by atoms with Crippen LogP contribution in [0.4, 0.5) is 0 Å². The summed E-state index contributed by atoms with van der Waals surface area (Å²) < 4.78 is 1.32. The summed E-state index contributed by atoms with van der Waals surface area (Å²) in [5.74, 6) is 0.759. The van der Waals surface area contributed by atoms with Crippen LogP contribution in [0.15, 0.2) is 18.2 Å².